The Morgan fingerprint density at radius 3 is 2.42 bits per heavy atom. The van der Waals surface area contributed by atoms with Crippen LogP contribution in [0, 0.1) is 0 Å². The van der Waals surface area contributed by atoms with E-state index in [4.69, 9.17) is 10.8 Å². The molecule has 6 nitrogen and oxygen atoms in total. The van der Waals surface area contributed by atoms with E-state index >= 15 is 0 Å². The minimum absolute atomic E-state index is 0.0626. The number of carbonyl (C=O) groups excluding carboxylic acids is 1. The second-order valence-electron chi connectivity index (χ2n) is 2.16. The van der Waals surface area contributed by atoms with Gasteiger partial charge in [-0.1, -0.05) is 6.58 Å². The fourth-order valence-corrected chi connectivity index (χ4v) is 0.519. The average molecular weight is 174 g/mol. The Morgan fingerprint density at radius 2 is 2.08 bits per heavy atom. The van der Waals surface area contributed by atoms with Crippen LogP contribution < -0.4 is 11.6 Å². The summed E-state index contributed by atoms with van der Waals surface area (Å²) < 4.78 is 0. The highest BCUT2D eigenvalue weighted by Crippen LogP contribution is 2.02. The quantitative estimate of drug-likeness (QED) is 0.362. The van der Waals surface area contributed by atoms with Crippen molar-refractivity contribution in [3.05, 3.63) is 12.2 Å². The van der Waals surface area contributed by atoms with Crippen LogP contribution in [0.2, 0.25) is 0 Å². The molecule has 68 valence electrons. The van der Waals surface area contributed by atoms with Crippen LogP contribution in [0.3, 0.4) is 0 Å². The van der Waals surface area contributed by atoms with Gasteiger partial charge >= 0.3 is 11.9 Å². The number of rotatable bonds is 4. The van der Waals surface area contributed by atoms with Gasteiger partial charge in [0.2, 0.25) is 0 Å². The summed E-state index contributed by atoms with van der Waals surface area (Å²) in [6.07, 6.45) is -0.175. The lowest BCUT2D eigenvalue weighted by atomic mass is 10.1. The Hall–Kier alpha value is -1.40. The summed E-state index contributed by atoms with van der Waals surface area (Å²) in [5, 5.41) is 8.34. The topological polar surface area (TPSA) is 116 Å². The summed E-state index contributed by atoms with van der Waals surface area (Å²) in [7, 11) is 0. The molecule has 0 bridgehead atoms. The fourth-order valence-electron chi connectivity index (χ4n) is 0.519. The standard InChI is InChI=1S/C6H10N2O4/c1-3(6(11)12-8)2-4(7)5(9)10/h4H,1-2,7-8H2,(H,9,10)/t4-/m0/s1. The first kappa shape index (κ1) is 10.6. The van der Waals surface area contributed by atoms with Crippen molar-refractivity contribution < 1.29 is 19.5 Å². The highest BCUT2D eigenvalue weighted by atomic mass is 16.7. The summed E-state index contributed by atoms with van der Waals surface area (Å²) >= 11 is 0. The van der Waals surface area contributed by atoms with Crippen LogP contribution in [0.25, 0.3) is 0 Å². The number of hydrogen-bond acceptors (Lipinski definition) is 5. The predicted molar refractivity (Wildman–Crippen MR) is 39.6 cm³/mol. The average Bonchev–Trinajstić information content (AvgIpc) is 2.02. The highest BCUT2D eigenvalue weighted by Gasteiger charge is 2.17. The van der Waals surface area contributed by atoms with Crippen molar-refractivity contribution in [3.8, 4) is 0 Å². The van der Waals surface area contributed by atoms with Crippen LogP contribution in [0.1, 0.15) is 6.42 Å². The summed E-state index contributed by atoms with van der Waals surface area (Å²) in [5.41, 5.74) is 5.04. The first-order chi connectivity index (χ1) is 5.49. The van der Waals surface area contributed by atoms with E-state index in [1.54, 1.807) is 0 Å². The van der Waals surface area contributed by atoms with E-state index in [1.165, 1.54) is 0 Å². The number of hydrogen-bond donors (Lipinski definition) is 3. The van der Waals surface area contributed by atoms with Gasteiger partial charge in [-0.3, -0.25) is 4.79 Å². The zero-order chi connectivity index (χ0) is 9.72. The summed E-state index contributed by atoms with van der Waals surface area (Å²) in [6.45, 7) is 3.25. The van der Waals surface area contributed by atoms with E-state index in [2.05, 4.69) is 17.3 Å². The Bertz CT molecular complexity index is 214. The molecule has 5 N–H and O–H groups in total. The largest absolute Gasteiger partial charge is 0.480 e. The minimum atomic E-state index is -1.21. The smallest absolute Gasteiger partial charge is 0.351 e. The number of nitrogens with two attached hydrogens (primary N) is 2. The third-order valence-electron chi connectivity index (χ3n) is 1.18. The number of aliphatic carboxylic acids is 1. The normalized spacial score (nSPS) is 11.8. The van der Waals surface area contributed by atoms with Crippen LogP contribution in [0.15, 0.2) is 12.2 Å². The molecule has 0 spiro atoms. The van der Waals surface area contributed by atoms with Crippen LogP contribution in [0.4, 0.5) is 0 Å². The molecule has 0 rings (SSSR count). The molecule has 0 unspecified atom stereocenters. The third kappa shape index (κ3) is 3.13. The lowest BCUT2D eigenvalue weighted by Crippen LogP contribution is -2.31. The molecule has 1 atom stereocenters. The van der Waals surface area contributed by atoms with E-state index in [0.717, 1.165) is 0 Å². The Labute approximate surface area is 68.7 Å². The second kappa shape index (κ2) is 4.47. The van der Waals surface area contributed by atoms with Crippen molar-refractivity contribution in [2.24, 2.45) is 11.6 Å². The van der Waals surface area contributed by atoms with Gasteiger partial charge in [0.1, 0.15) is 6.04 Å². The number of carbonyl (C=O) groups is 2. The van der Waals surface area contributed by atoms with Crippen molar-refractivity contribution in [1.29, 1.82) is 0 Å². The summed E-state index contributed by atoms with van der Waals surface area (Å²) in [6, 6.07) is -1.16. The number of carboxylic acid groups (broad SMARTS) is 1. The molecule has 0 aliphatic rings. The lowest BCUT2D eigenvalue weighted by molar-refractivity contribution is -0.140. The maximum atomic E-state index is 10.6. The number of carboxylic acids is 1. The molecule has 0 aromatic rings. The molecule has 0 radical (unpaired) electrons. The Kier molecular flexibility index (Phi) is 3.95. The van der Waals surface area contributed by atoms with E-state index in [-0.39, 0.29) is 12.0 Å². The Morgan fingerprint density at radius 1 is 1.58 bits per heavy atom. The van der Waals surface area contributed by atoms with Crippen LogP contribution in [-0.2, 0) is 14.4 Å². The molecule has 0 amide bonds. The van der Waals surface area contributed by atoms with Gasteiger partial charge in [-0.2, -0.15) is 5.90 Å². The van der Waals surface area contributed by atoms with Gasteiger partial charge in [0.05, 0.1) is 0 Å². The predicted octanol–water partition coefficient (Wildman–Crippen LogP) is -1.24. The van der Waals surface area contributed by atoms with E-state index in [9.17, 15) is 9.59 Å². The molecule has 0 fully saturated rings. The SMILES string of the molecule is C=C(C[C@H](N)C(=O)O)C(=O)ON. The van der Waals surface area contributed by atoms with Gasteiger partial charge in [-0.15, -0.1) is 0 Å². The van der Waals surface area contributed by atoms with Gasteiger partial charge in [0, 0.05) is 12.0 Å². The maximum Gasteiger partial charge on any atom is 0.351 e. The van der Waals surface area contributed by atoms with Crippen molar-refractivity contribution >= 4 is 11.9 Å². The minimum Gasteiger partial charge on any atom is -0.480 e. The van der Waals surface area contributed by atoms with E-state index < -0.39 is 18.0 Å². The molecule has 0 aromatic heterocycles. The molecule has 0 saturated carbocycles. The first-order valence-corrected chi connectivity index (χ1v) is 3.06. The van der Waals surface area contributed by atoms with Crippen molar-refractivity contribution in [3.63, 3.8) is 0 Å². The first-order valence-electron chi connectivity index (χ1n) is 3.06. The van der Waals surface area contributed by atoms with Crippen LogP contribution in [0.5, 0.6) is 0 Å². The fraction of sp³-hybridized carbons (Fsp3) is 0.333. The monoisotopic (exact) mass is 174 g/mol. The highest BCUT2D eigenvalue weighted by molar-refractivity contribution is 5.88. The van der Waals surface area contributed by atoms with Gasteiger partial charge < -0.3 is 15.7 Å². The molecule has 6 heteroatoms. The van der Waals surface area contributed by atoms with Crippen molar-refractivity contribution in [1.82, 2.24) is 0 Å². The molecule has 0 heterocycles. The van der Waals surface area contributed by atoms with Gasteiger partial charge in [0.25, 0.3) is 0 Å². The molecule has 12 heavy (non-hydrogen) atoms. The Balaban J connectivity index is 4.01. The molecule has 0 aromatic carbocycles. The maximum absolute atomic E-state index is 10.6. The van der Waals surface area contributed by atoms with Crippen molar-refractivity contribution in [2.75, 3.05) is 0 Å². The molecular formula is C6H10N2O4. The van der Waals surface area contributed by atoms with Crippen LogP contribution in [-0.4, -0.2) is 23.1 Å². The van der Waals surface area contributed by atoms with Gasteiger partial charge in [-0.05, 0) is 0 Å². The molecule has 0 aliphatic carbocycles. The summed E-state index contributed by atoms with van der Waals surface area (Å²) in [4.78, 5) is 24.6. The van der Waals surface area contributed by atoms with Gasteiger partial charge in [-0.25, -0.2) is 4.79 Å². The summed E-state index contributed by atoms with van der Waals surface area (Å²) in [5.74, 6) is 2.46. The molecule has 0 saturated heterocycles. The lowest BCUT2D eigenvalue weighted by Gasteiger charge is -2.05. The van der Waals surface area contributed by atoms with Gasteiger partial charge in [0.15, 0.2) is 0 Å². The zero-order valence-corrected chi connectivity index (χ0v) is 6.32. The third-order valence-corrected chi connectivity index (χ3v) is 1.18. The molecule has 0 aliphatic heterocycles. The van der Waals surface area contributed by atoms with E-state index in [0.29, 0.717) is 0 Å². The molecular weight excluding hydrogens is 164 g/mol. The zero-order valence-electron chi connectivity index (χ0n) is 6.32. The second-order valence-corrected chi connectivity index (χ2v) is 2.16. The van der Waals surface area contributed by atoms with E-state index in [1.807, 2.05) is 0 Å². The van der Waals surface area contributed by atoms with Crippen LogP contribution >= 0.6 is 0 Å². The van der Waals surface area contributed by atoms with Crippen molar-refractivity contribution in [2.45, 2.75) is 12.5 Å².